The molecule has 2 heterocycles. The summed E-state index contributed by atoms with van der Waals surface area (Å²) in [5, 5.41) is 3.82. The molecule has 92 valence electrons. The van der Waals surface area contributed by atoms with Gasteiger partial charge in [0.05, 0.1) is 11.5 Å². The van der Waals surface area contributed by atoms with Crippen molar-refractivity contribution in [2.45, 2.75) is 31.2 Å². The highest BCUT2D eigenvalue weighted by molar-refractivity contribution is 8.00. The molecule has 2 aliphatic rings. The van der Waals surface area contributed by atoms with Crippen molar-refractivity contribution in [2.75, 3.05) is 12.4 Å². The highest BCUT2D eigenvalue weighted by atomic mass is 32.2. The lowest BCUT2D eigenvalue weighted by Gasteiger charge is -2.48. The van der Waals surface area contributed by atoms with Crippen LogP contribution in [0.5, 0.6) is 5.75 Å². The molecule has 1 aromatic rings. The minimum atomic E-state index is 0.0620. The standard InChI is InChI=1S/C14H19NOS/c1-10-9-16-13-6-4-3-5-12(13)14(10)15-11(2)7-8-17-14/h3-6,10-11,15H,7-9H2,1-2H3. The molecule has 1 aromatic carbocycles. The van der Waals surface area contributed by atoms with Crippen molar-refractivity contribution >= 4 is 11.8 Å². The molecule has 3 atom stereocenters. The summed E-state index contributed by atoms with van der Waals surface area (Å²) < 4.78 is 5.85. The van der Waals surface area contributed by atoms with E-state index in [4.69, 9.17) is 4.74 Å². The van der Waals surface area contributed by atoms with Crippen molar-refractivity contribution < 1.29 is 4.74 Å². The largest absolute Gasteiger partial charge is 0.493 e. The highest BCUT2D eigenvalue weighted by Crippen LogP contribution is 2.49. The van der Waals surface area contributed by atoms with Crippen LogP contribution in [0.15, 0.2) is 24.3 Å². The summed E-state index contributed by atoms with van der Waals surface area (Å²) in [6.07, 6.45) is 1.25. The van der Waals surface area contributed by atoms with Crippen LogP contribution in [0.1, 0.15) is 25.8 Å². The van der Waals surface area contributed by atoms with Crippen LogP contribution in [0, 0.1) is 5.92 Å². The quantitative estimate of drug-likeness (QED) is 0.764. The summed E-state index contributed by atoms with van der Waals surface area (Å²) in [7, 11) is 0. The molecule has 3 heteroatoms. The summed E-state index contributed by atoms with van der Waals surface area (Å²) in [5.74, 6) is 2.79. The Hall–Kier alpha value is -0.670. The molecular formula is C14H19NOS. The Morgan fingerprint density at radius 3 is 3.00 bits per heavy atom. The first-order valence-corrected chi connectivity index (χ1v) is 7.35. The first kappa shape index (κ1) is 11.4. The molecular weight excluding hydrogens is 230 g/mol. The third kappa shape index (κ3) is 1.76. The minimum absolute atomic E-state index is 0.0620. The van der Waals surface area contributed by atoms with Gasteiger partial charge in [0, 0.05) is 17.5 Å². The van der Waals surface area contributed by atoms with E-state index in [0.717, 1.165) is 12.4 Å². The molecule has 1 N–H and O–H groups in total. The Bertz CT molecular complexity index is 422. The first-order valence-electron chi connectivity index (χ1n) is 6.36. The molecule has 2 aliphatic heterocycles. The number of para-hydroxylation sites is 1. The van der Waals surface area contributed by atoms with E-state index in [1.54, 1.807) is 0 Å². The fraction of sp³-hybridized carbons (Fsp3) is 0.571. The number of rotatable bonds is 0. The van der Waals surface area contributed by atoms with Crippen LogP contribution in [0.25, 0.3) is 0 Å². The van der Waals surface area contributed by atoms with Gasteiger partial charge in [0.1, 0.15) is 5.75 Å². The minimum Gasteiger partial charge on any atom is -0.493 e. The van der Waals surface area contributed by atoms with Crippen LogP contribution in [-0.4, -0.2) is 18.4 Å². The summed E-state index contributed by atoms with van der Waals surface area (Å²) in [6, 6.07) is 9.06. The topological polar surface area (TPSA) is 21.3 Å². The molecule has 3 rings (SSSR count). The molecule has 1 saturated heterocycles. The van der Waals surface area contributed by atoms with Crippen LogP contribution < -0.4 is 10.1 Å². The fourth-order valence-corrected chi connectivity index (χ4v) is 4.57. The molecule has 0 radical (unpaired) electrons. The maximum Gasteiger partial charge on any atom is 0.125 e. The van der Waals surface area contributed by atoms with Crippen LogP contribution in [0.4, 0.5) is 0 Å². The lowest BCUT2D eigenvalue weighted by molar-refractivity contribution is 0.159. The van der Waals surface area contributed by atoms with Gasteiger partial charge in [-0.3, -0.25) is 5.32 Å². The maximum absolute atomic E-state index is 5.85. The van der Waals surface area contributed by atoms with Crippen molar-refractivity contribution in [1.29, 1.82) is 0 Å². The summed E-state index contributed by atoms with van der Waals surface area (Å²) >= 11 is 2.05. The van der Waals surface area contributed by atoms with Crippen molar-refractivity contribution in [2.24, 2.45) is 5.92 Å². The van der Waals surface area contributed by atoms with Gasteiger partial charge in [-0.25, -0.2) is 0 Å². The predicted molar refractivity (Wildman–Crippen MR) is 72.5 cm³/mol. The van der Waals surface area contributed by atoms with E-state index in [1.165, 1.54) is 17.7 Å². The van der Waals surface area contributed by atoms with Crippen molar-refractivity contribution in [3.63, 3.8) is 0 Å². The van der Waals surface area contributed by atoms with Gasteiger partial charge in [0.15, 0.2) is 0 Å². The zero-order chi connectivity index (χ0) is 11.9. The van der Waals surface area contributed by atoms with Gasteiger partial charge in [-0.15, -0.1) is 11.8 Å². The maximum atomic E-state index is 5.85. The van der Waals surface area contributed by atoms with Gasteiger partial charge in [-0.2, -0.15) is 0 Å². The van der Waals surface area contributed by atoms with Gasteiger partial charge in [0.25, 0.3) is 0 Å². The van der Waals surface area contributed by atoms with Gasteiger partial charge >= 0.3 is 0 Å². The monoisotopic (exact) mass is 249 g/mol. The zero-order valence-corrected chi connectivity index (χ0v) is 11.2. The van der Waals surface area contributed by atoms with Gasteiger partial charge in [-0.05, 0) is 25.2 Å². The molecule has 3 unspecified atom stereocenters. The average Bonchev–Trinajstić information content (AvgIpc) is 2.35. The zero-order valence-electron chi connectivity index (χ0n) is 10.4. The van der Waals surface area contributed by atoms with E-state index in [2.05, 4.69) is 43.4 Å². The number of hydrogen-bond acceptors (Lipinski definition) is 3. The molecule has 0 aromatic heterocycles. The number of ether oxygens (including phenoxy) is 1. The molecule has 1 fully saturated rings. The lowest BCUT2D eigenvalue weighted by Crippen LogP contribution is -2.55. The Morgan fingerprint density at radius 2 is 2.18 bits per heavy atom. The smallest absolute Gasteiger partial charge is 0.125 e. The second-order valence-electron chi connectivity index (χ2n) is 5.13. The van der Waals surface area contributed by atoms with Crippen LogP contribution >= 0.6 is 11.8 Å². The van der Waals surface area contributed by atoms with Gasteiger partial charge in [0.2, 0.25) is 0 Å². The summed E-state index contributed by atoms with van der Waals surface area (Å²) in [5.41, 5.74) is 1.33. The molecule has 0 saturated carbocycles. The van der Waals surface area contributed by atoms with Gasteiger partial charge < -0.3 is 4.74 Å². The van der Waals surface area contributed by atoms with Crippen LogP contribution in [0.3, 0.4) is 0 Å². The Balaban J connectivity index is 2.07. The van der Waals surface area contributed by atoms with E-state index in [0.29, 0.717) is 12.0 Å². The summed E-state index contributed by atoms with van der Waals surface area (Å²) in [6.45, 7) is 5.38. The number of benzene rings is 1. The number of thioether (sulfide) groups is 1. The van der Waals surface area contributed by atoms with E-state index >= 15 is 0 Å². The first-order chi connectivity index (χ1) is 8.22. The van der Waals surface area contributed by atoms with E-state index in [-0.39, 0.29) is 4.87 Å². The van der Waals surface area contributed by atoms with Crippen molar-refractivity contribution in [3.05, 3.63) is 29.8 Å². The number of fused-ring (bicyclic) bond motifs is 2. The SMILES string of the molecule is CC1CCSC2(N1)c1ccccc1OCC2C. The lowest BCUT2D eigenvalue weighted by atomic mass is 9.90. The molecule has 2 nitrogen and oxygen atoms in total. The van der Waals surface area contributed by atoms with Crippen molar-refractivity contribution in [1.82, 2.24) is 5.32 Å². The molecule has 0 bridgehead atoms. The normalized spacial score (nSPS) is 36.4. The highest BCUT2D eigenvalue weighted by Gasteiger charge is 2.46. The molecule has 0 amide bonds. The van der Waals surface area contributed by atoms with E-state index in [9.17, 15) is 0 Å². The fourth-order valence-electron chi connectivity index (χ4n) is 2.81. The summed E-state index contributed by atoms with van der Waals surface area (Å²) in [4.78, 5) is 0.0620. The Morgan fingerprint density at radius 1 is 1.35 bits per heavy atom. The van der Waals surface area contributed by atoms with Crippen LogP contribution in [0.2, 0.25) is 0 Å². The Kier molecular flexibility index (Phi) is 2.83. The Labute approximate surface area is 107 Å². The average molecular weight is 249 g/mol. The van der Waals surface area contributed by atoms with Crippen molar-refractivity contribution in [3.8, 4) is 5.75 Å². The molecule has 1 spiro atoms. The molecule has 0 aliphatic carbocycles. The van der Waals surface area contributed by atoms with E-state index in [1.807, 2.05) is 11.8 Å². The van der Waals surface area contributed by atoms with Gasteiger partial charge in [-0.1, -0.05) is 25.1 Å². The molecule has 17 heavy (non-hydrogen) atoms. The third-order valence-corrected chi connectivity index (χ3v) is 5.45. The second-order valence-corrected chi connectivity index (χ2v) is 6.47. The number of nitrogens with one attached hydrogen (secondary N) is 1. The van der Waals surface area contributed by atoms with E-state index < -0.39 is 0 Å². The third-order valence-electron chi connectivity index (χ3n) is 3.81. The predicted octanol–water partition coefficient (Wildman–Crippen LogP) is 2.98. The van der Waals surface area contributed by atoms with Crippen LogP contribution in [-0.2, 0) is 4.87 Å². The second kappa shape index (κ2) is 4.21. The number of hydrogen-bond donors (Lipinski definition) is 1.